The molecular weight excluding hydrogens is 158 g/mol. The lowest BCUT2D eigenvalue weighted by molar-refractivity contribution is 0.159. The summed E-state index contributed by atoms with van der Waals surface area (Å²) >= 11 is 0. The summed E-state index contributed by atoms with van der Waals surface area (Å²) in [4.78, 5) is 0. The normalized spacial score (nSPS) is 38.5. The van der Waals surface area contributed by atoms with Gasteiger partial charge in [-0.15, -0.1) is 0 Å². The molecule has 0 spiro atoms. The minimum absolute atomic E-state index is 0.786. The molecular formula is C12H25N. The van der Waals surface area contributed by atoms with Crippen molar-refractivity contribution in [3.05, 3.63) is 0 Å². The van der Waals surface area contributed by atoms with Crippen molar-refractivity contribution in [2.24, 2.45) is 11.8 Å². The van der Waals surface area contributed by atoms with Crippen molar-refractivity contribution in [3.63, 3.8) is 0 Å². The van der Waals surface area contributed by atoms with Crippen molar-refractivity contribution < 1.29 is 0 Å². The molecule has 0 aromatic rings. The smallest absolute Gasteiger partial charge is 0.00415 e. The Bertz CT molecular complexity index is 133. The van der Waals surface area contributed by atoms with Gasteiger partial charge in [-0.2, -0.15) is 0 Å². The summed E-state index contributed by atoms with van der Waals surface area (Å²) in [6.07, 6.45) is 7.41. The van der Waals surface area contributed by atoms with Crippen LogP contribution in [-0.2, 0) is 0 Å². The van der Waals surface area contributed by atoms with Gasteiger partial charge in [0, 0.05) is 6.04 Å². The van der Waals surface area contributed by atoms with E-state index in [4.69, 9.17) is 0 Å². The van der Waals surface area contributed by atoms with Crippen LogP contribution in [0.15, 0.2) is 0 Å². The van der Waals surface area contributed by atoms with Gasteiger partial charge in [-0.25, -0.2) is 0 Å². The molecule has 0 bridgehead atoms. The van der Waals surface area contributed by atoms with Crippen LogP contribution in [0.2, 0.25) is 0 Å². The molecule has 1 N–H and O–H groups in total. The second-order valence-corrected chi connectivity index (χ2v) is 4.35. The lowest BCUT2D eigenvalue weighted by Gasteiger charge is -2.38. The number of nitrogens with one attached hydrogen (secondary N) is 1. The molecule has 0 amide bonds. The molecule has 1 saturated carbocycles. The first-order valence-electron chi connectivity index (χ1n) is 6.09. The quantitative estimate of drug-likeness (QED) is 0.608. The van der Waals surface area contributed by atoms with Crippen LogP contribution in [0.5, 0.6) is 0 Å². The van der Waals surface area contributed by atoms with Crippen LogP contribution in [0.1, 0.15) is 52.9 Å². The first-order valence-corrected chi connectivity index (χ1v) is 6.09. The summed E-state index contributed by atoms with van der Waals surface area (Å²) in [7, 11) is 0. The average molecular weight is 183 g/mol. The highest BCUT2D eigenvalue weighted by Gasteiger charge is 2.29. The van der Waals surface area contributed by atoms with E-state index in [1.54, 1.807) is 0 Å². The van der Waals surface area contributed by atoms with Crippen LogP contribution in [0.3, 0.4) is 0 Å². The van der Waals surface area contributed by atoms with E-state index >= 15 is 0 Å². The highest BCUT2D eigenvalue weighted by Crippen LogP contribution is 2.34. The fourth-order valence-electron chi connectivity index (χ4n) is 2.75. The zero-order valence-corrected chi connectivity index (χ0v) is 9.47. The van der Waals surface area contributed by atoms with Gasteiger partial charge in [0.05, 0.1) is 0 Å². The molecule has 0 aromatic heterocycles. The Kier molecular flexibility index (Phi) is 4.79. The molecule has 1 heteroatoms. The fourth-order valence-corrected chi connectivity index (χ4v) is 2.75. The standard InChI is InChI=1S/C10H19N.C2H6/c1-8-6-9-4-2-3-5-10(9)7-11-8;1-2/h8-11H,2-7H2,1H3;1-2H3. The Balaban J connectivity index is 0.000000396. The third kappa shape index (κ3) is 2.98. The Morgan fingerprint density at radius 2 is 1.62 bits per heavy atom. The molecule has 1 heterocycles. The van der Waals surface area contributed by atoms with Crippen LogP contribution < -0.4 is 5.32 Å². The minimum atomic E-state index is 0.786. The number of hydrogen-bond acceptors (Lipinski definition) is 1. The second-order valence-electron chi connectivity index (χ2n) is 4.35. The van der Waals surface area contributed by atoms with E-state index in [9.17, 15) is 0 Å². The van der Waals surface area contributed by atoms with E-state index in [0.717, 1.165) is 17.9 Å². The Labute approximate surface area is 83.3 Å². The van der Waals surface area contributed by atoms with Crippen LogP contribution in [0.25, 0.3) is 0 Å². The van der Waals surface area contributed by atoms with Gasteiger partial charge in [-0.1, -0.05) is 33.1 Å². The van der Waals surface area contributed by atoms with E-state index in [1.807, 2.05) is 13.8 Å². The molecule has 2 aliphatic rings. The van der Waals surface area contributed by atoms with Crippen molar-refractivity contribution in [2.75, 3.05) is 6.54 Å². The van der Waals surface area contributed by atoms with E-state index < -0.39 is 0 Å². The SMILES string of the molecule is CC.CC1CC2CCCCC2CN1. The number of piperidine rings is 1. The van der Waals surface area contributed by atoms with Gasteiger partial charge in [0.15, 0.2) is 0 Å². The molecule has 78 valence electrons. The van der Waals surface area contributed by atoms with Gasteiger partial charge < -0.3 is 5.32 Å². The third-order valence-corrected chi connectivity index (χ3v) is 3.45. The zero-order chi connectivity index (χ0) is 9.68. The van der Waals surface area contributed by atoms with E-state index in [0.29, 0.717) is 0 Å². The average Bonchev–Trinajstić information content (AvgIpc) is 2.21. The van der Waals surface area contributed by atoms with Gasteiger partial charge in [-0.05, 0) is 38.1 Å². The maximum atomic E-state index is 3.58. The maximum absolute atomic E-state index is 3.58. The lowest BCUT2D eigenvalue weighted by Crippen LogP contribution is -2.43. The zero-order valence-electron chi connectivity index (χ0n) is 9.47. The first kappa shape index (κ1) is 11.0. The van der Waals surface area contributed by atoms with Gasteiger partial charge >= 0.3 is 0 Å². The molecule has 0 radical (unpaired) electrons. The molecule has 2 rings (SSSR count). The molecule has 1 saturated heterocycles. The third-order valence-electron chi connectivity index (χ3n) is 3.45. The summed E-state index contributed by atoms with van der Waals surface area (Å²) in [5, 5.41) is 3.58. The van der Waals surface area contributed by atoms with Crippen molar-refractivity contribution >= 4 is 0 Å². The van der Waals surface area contributed by atoms with Gasteiger partial charge in [0.2, 0.25) is 0 Å². The number of fused-ring (bicyclic) bond motifs is 1. The van der Waals surface area contributed by atoms with Crippen LogP contribution in [0.4, 0.5) is 0 Å². The van der Waals surface area contributed by atoms with E-state index in [-0.39, 0.29) is 0 Å². The van der Waals surface area contributed by atoms with Gasteiger partial charge in [0.25, 0.3) is 0 Å². The fraction of sp³-hybridized carbons (Fsp3) is 1.00. The van der Waals surface area contributed by atoms with E-state index in [2.05, 4.69) is 12.2 Å². The molecule has 1 nitrogen and oxygen atoms in total. The summed E-state index contributed by atoms with van der Waals surface area (Å²) < 4.78 is 0. The van der Waals surface area contributed by atoms with E-state index in [1.165, 1.54) is 38.6 Å². The maximum Gasteiger partial charge on any atom is 0.00415 e. The predicted octanol–water partition coefficient (Wildman–Crippen LogP) is 3.20. The highest BCUT2D eigenvalue weighted by atomic mass is 14.9. The predicted molar refractivity (Wildman–Crippen MR) is 58.9 cm³/mol. The number of hydrogen-bond donors (Lipinski definition) is 1. The Morgan fingerprint density at radius 3 is 2.31 bits per heavy atom. The lowest BCUT2D eigenvalue weighted by atomic mass is 9.74. The molecule has 1 aliphatic heterocycles. The number of rotatable bonds is 0. The molecule has 1 aliphatic carbocycles. The monoisotopic (exact) mass is 183 g/mol. The van der Waals surface area contributed by atoms with Crippen LogP contribution in [0, 0.1) is 11.8 Å². The highest BCUT2D eigenvalue weighted by molar-refractivity contribution is 4.84. The van der Waals surface area contributed by atoms with Crippen molar-refractivity contribution in [1.29, 1.82) is 0 Å². The van der Waals surface area contributed by atoms with Crippen molar-refractivity contribution in [3.8, 4) is 0 Å². The summed E-state index contributed by atoms with van der Waals surface area (Å²) in [5.41, 5.74) is 0. The van der Waals surface area contributed by atoms with Crippen LogP contribution in [-0.4, -0.2) is 12.6 Å². The summed E-state index contributed by atoms with van der Waals surface area (Å²) in [6, 6.07) is 0.786. The van der Waals surface area contributed by atoms with Gasteiger partial charge in [-0.3, -0.25) is 0 Å². The van der Waals surface area contributed by atoms with Gasteiger partial charge in [0.1, 0.15) is 0 Å². The summed E-state index contributed by atoms with van der Waals surface area (Å²) in [5.74, 6) is 2.10. The molecule has 2 fully saturated rings. The largest absolute Gasteiger partial charge is 0.314 e. The second kappa shape index (κ2) is 5.64. The summed E-state index contributed by atoms with van der Waals surface area (Å²) in [6.45, 7) is 7.62. The molecule has 13 heavy (non-hydrogen) atoms. The first-order chi connectivity index (χ1) is 6.36. The molecule has 0 aromatic carbocycles. The Morgan fingerprint density at radius 1 is 1.00 bits per heavy atom. The van der Waals surface area contributed by atoms with Crippen LogP contribution >= 0.6 is 0 Å². The molecule has 3 unspecified atom stereocenters. The topological polar surface area (TPSA) is 12.0 Å². The van der Waals surface area contributed by atoms with Crippen molar-refractivity contribution in [1.82, 2.24) is 5.32 Å². The Hall–Kier alpha value is -0.0400. The van der Waals surface area contributed by atoms with Crippen molar-refractivity contribution in [2.45, 2.75) is 58.9 Å². The molecule has 3 atom stereocenters. The minimum Gasteiger partial charge on any atom is -0.314 e.